The number of nitrogens with one attached hydrogen (secondary N) is 9. The number of ketones is 6. The summed E-state index contributed by atoms with van der Waals surface area (Å²) in [7, 11) is 0. The molecule has 3 rings (SSSR count). The van der Waals surface area contributed by atoms with Gasteiger partial charge >= 0.3 is 23.9 Å². The zero-order valence-corrected chi connectivity index (χ0v) is 72.8. The molecule has 2 fully saturated rings. The number of phenols is 1. The summed E-state index contributed by atoms with van der Waals surface area (Å²) in [6.45, 7) is 7.29. The minimum absolute atomic E-state index is 0.0300. The second-order valence-electron chi connectivity index (χ2n) is 31.5. The Balaban J connectivity index is 1.51. The van der Waals surface area contributed by atoms with Crippen molar-refractivity contribution < 1.29 is 141 Å². The molecule has 0 saturated carbocycles. The van der Waals surface area contributed by atoms with E-state index in [0.29, 0.717) is 31.1 Å². The summed E-state index contributed by atoms with van der Waals surface area (Å²) in [6, 6.07) is -3.78. The molecule has 1 aromatic rings. The van der Waals surface area contributed by atoms with E-state index in [-0.39, 0.29) is 165 Å². The smallest absolute Gasteiger partial charge is 0.315 e. The Hall–Kier alpha value is -10.2. The van der Waals surface area contributed by atoms with Crippen LogP contribution >= 0.6 is 11.8 Å². The molecule has 2 heterocycles. The first kappa shape index (κ1) is 110. The summed E-state index contributed by atoms with van der Waals surface area (Å²) in [5.74, 6) is -20.8. The van der Waals surface area contributed by atoms with Gasteiger partial charge in [-0.05, 0) is 100 Å². The second-order valence-corrected chi connectivity index (χ2v) is 32.7. The number of amides is 10. The van der Waals surface area contributed by atoms with Crippen molar-refractivity contribution in [2.45, 2.75) is 241 Å². The Morgan fingerprint density at radius 1 is 0.532 bits per heavy atom. The van der Waals surface area contributed by atoms with Gasteiger partial charge in [0, 0.05) is 130 Å². The lowest BCUT2D eigenvalue weighted by Gasteiger charge is -2.26. The van der Waals surface area contributed by atoms with E-state index in [1.807, 2.05) is 11.8 Å². The van der Waals surface area contributed by atoms with Crippen LogP contribution in [0.4, 0.5) is 4.79 Å². The van der Waals surface area contributed by atoms with Crippen LogP contribution in [0.15, 0.2) is 29.4 Å². The molecule has 1 aromatic carbocycles. The first-order valence-electron chi connectivity index (χ1n) is 42.5. The van der Waals surface area contributed by atoms with Crippen LogP contribution in [0, 0.1) is 29.6 Å². The number of carbonyl (C=O) groups excluding carboxylic acids is 15. The largest absolute Gasteiger partial charge is 0.508 e. The van der Waals surface area contributed by atoms with E-state index in [1.54, 1.807) is 13.8 Å². The number of hydrogen-bond acceptors (Lipinski definition) is 29. The Labute approximate surface area is 734 Å². The van der Waals surface area contributed by atoms with Gasteiger partial charge in [-0.3, -0.25) is 81.5 Å². The van der Waals surface area contributed by atoms with Crippen LogP contribution in [-0.2, 0) is 112 Å². The lowest BCUT2D eigenvalue weighted by Crippen LogP contribution is -2.51. The van der Waals surface area contributed by atoms with Crippen LogP contribution in [0.2, 0.25) is 0 Å². The summed E-state index contributed by atoms with van der Waals surface area (Å²) < 4.78 is 27.6. The number of aromatic hydroxyl groups is 1. The normalized spacial score (nSPS) is 16.6. The fourth-order valence-corrected chi connectivity index (χ4v) is 15.0. The number of rotatable bonds is 74. The molecule has 0 radical (unpaired) electrons. The molecule has 0 spiro atoms. The third-order valence-electron chi connectivity index (χ3n) is 20.6. The Kier molecular flexibility index (Phi) is 54.2. The van der Waals surface area contributed by atoms with Crippen molar-refractivity contribution in [1.82, 2.24) is 47.9 Å². The minimum Gasteiger partial charge on any atom is -0.508 e. The topological polar surface area (TPSA) is 684 Å². The fourth-order valence-electron chi connectivity index (χ4n) is 13.5. The van der Waals surface area contributed by atoms with Crippen molar-refractivity contribution in [2.75, 3.05) is 98.1 Å². The molecule has 706 valence electrons. The monoisotopic (exact) mass is 1800 g/mol. The third kappa shape index (κ3) is 46.9. The average molecular weight is 1810 g/mol. The average Bonchev–Trinajstić information content (AvgIpc) is 1.64. The van der Waals surface area contributed by atoms with Gasteiger partial charge in [0.2, 0.25) is 47.3 Å². The highest BCUT2D eigenvalue weighted by Gasteiger charge is 2.43. The van der Waals surface area contributed by atoms with Gasteiger partial charge in [0.05, 0.1) is 133 Å². The van der Waals surface area contributed by atoms with Crippen molar-refractivity contribution in [3.63, 3.8) is 0 Å². The quantitative estimate of drug-likeness (QED) is 0.0135. The number of hydrogen-bond donors (Lipinski definition) is 17. The van der Waals surface area contributed by atoms with E-state index in [4.69, 9.17) is 40.7 Å². The van der Waals surface area contributed by atoms with Crippen molar-refractivity contribution >= 4 is 118 Å². The SMILES string of the molecule is CC(C)C[C@H](NC(=O)[C@@H](N)CCCN=[N+]=[N-])C(=O)C[C@H](C(=O)N[C@@H](CO)C(=O)CCC(=O)N[C@@H](CCC(=O)O)C(=O)C[C@@H](Cc1ccc(O)cc1)C(=O)N[C@@H](CC(=O)O)C(=O)C[C@@H](C)C(=O)N[C@@H](CCC(N)=O)C(=O)C[C@@H](CCC(=O)O)C(=O)NCCOCCOCCOCCOCCOCCC(=O)CCCNC(=O)CCCC[C@@H]1SC[C@@H]2NC(=O)N[C@@H]21)[C@@H](C)O. The van der Waals surface area contributed by atoms with Gasteiger partial charge in [-0.25, -0.2) is 4.79 Å². The number of aliphatic hydroxyl groups is 2. The lowest BCUT2D eigenvalue weighted by molar-refractivity contribution is -0.141. The number of Topliss-reactive ketones (excluding diaryl/α,β-unsaturated/α-hetero) is 6. The van der Waals surface area contributed by atoms with Crippen molar-refractivity contribution in [3.05, 3.63) is 40.3 Å². The Bertz CT molecular complexity index is 3780. The summed E-state index contributed by atoms with van der Waals surface area (Å²) in [5, 5.41) is 87.2. The standard InChI is InChI=1S/C82H128N14O29S/c1-48(2)39-60(92-81(119)57(83)10-8-27-88-96-85)68(105)44-56(50(4)98)80(118)93-62(46-97)64(101)20-22-72(108)89-58(19-24-74(111)112)67(104)43-53(41-51-13-16-55(100)17-14-51)79(117)91-61(45-75(113)114)65(102)40-49(3)77(115)90-59(18-21-70(84)106)66(103)42-52(15-23-73(109)110)78(116)87-28-30-122-32-34-124-36-38-125-37-35-123-33-31-121-29-25-54(99)9-7-26-86-71(107)12-6-5-11-69-76-63(47-126-69)94-82(120)95-76/h13-14,16-17,48-50,52-53,56-63,69,76,97-98,100H,5-12,15,18-47,83H2,1-4H3,(H2,84,106)(H,86,107)(H,87,116)(H,89,108)(H,90,115)(H,91,117)(H,92,119)(H,93,118)(H,109,110)(H,111,112)(H,113,114)(H2,94,95,120)/t49-,50-,52-,53-,56+,57+,58+,59+,60+,61+,62+,63+,69+,76+/m1/s1. The number of carboxylic acid groups (broad SMARTS) is 3. The molecule has 0 aliphatic carbocycles. The maximum Gasteiger partial charge on any atom is 0.315 e. The number of carboxylic acids is 3. The highest BCUT2D eigenvalue weighted by atomic mass is 32.2. The van der Waals surface area contributed by atoms with Crippen molar-refractivity contribution in [1.29, 1.82) is 0 Å². The van der Waals surface area contributed by atoms with E-state index < -0.39 is 238 Å². The van der Waals surface area contributed by atoms with Gasteiger partial charge in [-0.15, -0.1) is 0 Å². The Morgan fingerprint density at radius 2 is 1.10 bits per heavy atom. The molecule has 2 saturated heterocycles. The number of nitrogens with two attached hydrogens (primary N) is 2. The van der Waals surface area contributed by atoms with Crippen molar-refractivity contribution in [2.24, 2.45) is 46.2 Å². The maximum atomic E-state index is 14.4. The van der Waals surface area contributed by atoms with E-state index in [2.05, 4.69) is 57.9 Å². The van der Waals surface area contributed by atoms with E-state index in [9.17, 15) is 117 Å². The number of carbonyl (C=O) groups is 18. The molecule has 2 aliphatic heterocycles. The van der Waals surface area contributed by atoms with Gasteiger partial charge in [0.25, 0.3) is 0 Å². The van der Waals surface area contributed by atoms with Crippen LogP contribution in [0.1, 0.15) is 181 Å². The zero-order chi connectivity index (χ0) is 93.6. The highest BCUT2D eigenvalue weighted by molar-refractivity contribution is 8.00. The number of unbranched alkanes of at least 4 members (excludes halogenated alkanes) is 1. The maximum absolute atomic E-state index is 14.4. The number of aliphatic carboxylic acids is 3. The number of urea groups is 1. The van der Waals surface area contributed by atoms with E-state index in [0.717, 1.165) is 25.0 Å². The number of azide groups is 1. The van der Waals surface area contributed by atoms with Crippen LogP contribution in [0.3, 0.4) is 0 Å². The van der Waals surface area contributed by atoms with E-state index >= 15 is 0 Å². The fraction of sp³-hybridized carbons (Fsp3) is 0.707. The zero-order valence-electron chi connectivity index (χ0n) is 72.0. The van der Waals surface area contributed by atoms with Gasteiger partial charge in [0.15, 0.2) is 28.9 Å². The molecule has 0 unspecified atom stereocenters. The summed E-state index contributed by atoms with van der Waals surface area (Å²) >= 11 is 1.84. The molecule has 10 amide bonds. The molecule has 43 nitrogen and oxygen atoms in total. The third-order valence-corrected chi connectivity index (χ3v) is 22.1. The molecule has 19 N–H and O–H groups in total. The van der Waals surface area contributed by atoms with Crippen LogP contribution in [-0.4, -0.2) is 294 Å². The molecular formula is C82H128N14O29S. The molecule has 126 heavy (non-hydrogen) atoms. The number of aliphatic hydroxyl groups excluding tert-OH is 2. The molecular weight excluding hydrogens is 1680 g/mol. The van der Waals surface area contributed by atoms with Gasteiger partial charge in [-0.2, -0.15) is 11.8 Å². The predicted octanol–water partition coefficient (Wildman–Crippen LogP) is 0.117. The summed E-state index contributed by atoms with van der Waals surface area (Å²) in [4.78, 5) is 238. The van der Waals surface area contributed by atoms with Crippen molar-refractivity contribution in [3.8, 4) is 5.75 Å². The number of ether oxygens (including phenoxy) is 5. The minimum atomic E-state index is -1.93. The first-order chi connectivity index (χ1) is 59.9. The molecule has 0 aromatic heterocycles. The number of phenolic OH excluding ortho intramolecular Hbond substituents is 1. The van der Waals surface area contributed by atoms with Crippen LogP contribution < -0.4 is 59.3 Å². The highest BCUT2D eigenvalue weighted by Crippen LogP contribution is 2.33. The molecule has 0 bridgehead atoms. The number of primary amides is 1. The summed E-state index contributed by atoms with van der Waals surface area (Å²) in [6.07, 6.45) is -6.07. The molecule has 14 atom stereocenters. The van der Waals surface area contributed by atoms with Gasteiger partial charge < -0.3 is 114 Å². The van der Waals surface area contributed by atoms with E-state index in [1.165, 1.54) is 38.1 Å². The molecule has 44 heteroatoms. The van der Waals surface area contributed by atoms with Gasteiger partial charge in [-0.1, -0.05) is 44.4 Å². The first-order valence-corrected chi connectivity index (χ1v) is 43.5. The number of benzene rings is 1. The Morgan fingerprint density at radius 3 is 1.69 bits per heavy atom. The summed E-state index contributed by atoms with van der Waals surface area (Å²) in [5.41, 5.74) is 20.2. The van der Waals surface area contributed by atoms with Crippen LogP contribution in [0.25, 0.3) is 10.4 Å². The second kappa shape index (κ2) is 62.1. The lowest BCUT2D eigenvalue weighted by atomic mass is 9.89. The van der Waals surface area contributed by atoms with Gasteiger partial charge in [0.1, 0.15) is 17.6 Å². The number of thioether (sulfide) groups is 1. The van der Waals surface area contributed by atoms with Crippen LogP contribution in [0.5, 0.6) is 5.75 Å². The predicted molar refractivity (Wildman–Crippen MR) is 451 cm³/mol. The number of nitrogens with zero attached hydrogens (tertiary/aromatic N) is 3. The molecule has 2 aliphatic rings. The number of fused-ring (bicyclic) bond motifs is 1.